The molecule has 0 N–H and O–H groups in total. The average Bonchev–Trinajstić information content (AvgIpc) is 2.89. The SMILES string of the molecule is CP(C)(C)(OB(OP(C)(C)(C)c1ccccc1)OP(C)(C)(c1ccccc1)c1ccccc1)c1ccccc1. The summed E-state index contributed by atoms with van der Waals surface area (Å²) in [5, 5.41) is 4.66. The van der Waals surface area contributed by atoms with Gasteiger partial charge in [-0.25, -0.2) is 0 Å². The molecule has 39 heavy (non-hydrogen) atoms. The second-order valence-electron chi connectivity index (χ2n) is 13.3. The monoisotopic (exact) mass is 580 g/mol. The predicted molar refractivity (Wildman–Crippen MR) is 181 cm³/mol. The first-order valence-electron chi connectivity index (χ1n) is 13.4. The predicted octanol–water partition coefficient (Wildman–Crippen LogP) is 6.77. The standard InChI is InChI=1S/C32H44BO3P3/c1-37(2,3,29-21-13-9-14-22-29)34-33(35-38(4,5,6)30-23-15-10-16-24-30)36-39(7,8,31-25-17-11-18-26-31)32-27-19-12-20-28-32/h9-28H,1-8H3. The van der Waals surface area contributed by atoms with Gasteiger partial charge >= 0.3 is 237 Å². The van der Waals surface area contributed by atoms with Crippen LogP contribution in [0.2, 0.25) is 0 Å². The zero-order valence-electron chi connectivity index (χ0n) is 24.7. The van der Waals surface area contributed by atoms with Gasteiger partial charge in [0.25, 0.3) is 0 Å². The van der Waals surface area contributed by atoms with Gasteiger partial charge in [-0.2, -0.15) is 0 Å². The molecule has 208 valence electrons. The fourth-order valence-electron chi connectivity index (χ4n) is 4.91. The van der Waals surface area contributed by atoms with E-state index in [1.807, 2.05) is 24.3 Å². The van der Waals surface area contributed by atoms with Crippen LogP contribution in [0, 0.1) is 0 Å². The Labute approximate surface area is 236 Å². The van der Waals surface area contributed by atoms with Gasteiger partial charge in [0.05, 0.1) is 0 Å². The van der Waals surface area contributed by atoms with Crippen LogP contribution in [0.15, 0.2) is 121 Å². The maximum atomic E-state index is 7.39. The van der Waals surface area contributed by atoms with Crippen LogP contribution >= 0.6 is 20.5 Å². The molecule has 4 rings (SSSR count). The fourth-order valence-corrected chi connectivity index (χ4v) is 12.3. The summed E-state index contributed by atoms with van der Waals surface area (Å²) in [4.78, 5) is 0. The summed E-state index contributed by atoms with van der Waals surface area (Å²) in [6.07, 6.45) is 0. The van der Waals surface area contributed by atoms with Gasteiger partial charge in [0.15, 0.2) is 0 Å². The van der Waals surface area contributed by atoms with Crippen LogP contribution in [0.4, 0.5) is 0 Å². The van der Waals surface area contributed by atoms with Crippen LogP contribution in [0.1, 0.15) is 0 Å². The van der Waals surface area contributed by atoms with Crippen LogP contribution in [0.3, 0.4) is 0 Å². The molecule has 0 spiro atoms. The van der Waals surface area contributed by atoms with E-state index in [0.717, 1.165) is 10.6 Å². The van der Waals surface area contributed by atoms with E-state index in [4.69, 9.17) is 13.3 Å². The average molecular weight is 580 g/mol. The van der Waals surface area contributed by atoms with Gasteiger partial charge < -0.3 is 0 Å². The van der Waals surface area contributed by atoms with Crippen LogP contribution in [-0.2, 0) is 13.3 Å². The van der Waals surface area contributed by atoms with Crippen LogP contribution < -0.4 is 21.2 Å². The van der Waals surface area contributed by atoms with Crippen molar-refractivity contribution >= 4 is 49.0 Å². The first-order valence-corrected chi connectivity index (χ1v) is 23.4. The second kappa shape index (κ2) is 10.2. The molecule has 0 unspecified atom stereocenters. The molecule has 0 atom stereocenters. The Morgan fingerprint density at radius 3 is 0.897 bits per heavy atom. The summed E-state index contributed by atoms with van der Waals surface area (Å²) in [5.41, 5.74) is 0. The van der Waals surface area contributed by atoms with Crippen molar-refractivity contribution < 1.29 is 13.3 Å². The minimum atomic E-state index is -3.25. The molecule has 0 amide bonds. The fraction of sp³-hybridized carbons (Fsp3) is 0.250. The van der Waals surface area contributed by atoms with Crippen molar-refractivity contribution in [2.75, 3.05) is 53.3 Å². The molecule has 3 nitrogen and oxygen atoms in total. The molecule has 0 aromatic heterocycles. The molecule has 0 saturated heterocycles. The minimum absolute atomic E-state index is 0.895. The van der Waals surface area contributed by atoms with Crippen LogP contribution in [0.5, 0.6) is 0 Å². The van der Waals surface area contributed by atoms with Crippen molar-refractivity contribution in [2.24, 2.45) is 0 Å². The Bertz CT molecular complexity index is 1290. The zero-order valence-corrected chi connectivity index (χ0v) is 27.4. The van der Waals surface area contributed by atoms with E-state index in [9.17, 15) is 0 Å². The molecule has 0 heterocycles. The van der Waals surface area contributed by atoms with Crippen LogP contribution in [0.25, 0.3) is 0 Å². The van der Waals surface area contributed by atoms with Crippen molar-refractivity contribution in [3.05, 3.63) is 121 Å². The van der Waals surface area contributed by atoms with E-state index < -0.39 is 27.8 Å². The summed E-state index contributed by atoms with van der Waals surface area (Å²) in [6.45, 7) is 8.79. The van der Waals surface area contributed by atoms with E-state index in [1.54, 1.807) is 0 Å². The van der Waals surface area contributed by atoms with Crippen LogP contribution in [-0.4, -0.2) is 60.6 Å². The quantitative estimate of drug-likeness (QED) is 0.153. The molecule has 0 aliphatic rings. The summed E-state index contributed by atoms with van der Waals surface area (Å²) in [7, 11) is -0.895. The molecule has 0 aliphatic carbocycles. The molecule has 4 aromatic rings. The van der Waals surface area contributed by atoms with Gasteiger partial charge in [0.2, 0.25) is 0 Å². The van der Waals surface area contributed by atoms with Crippen molar-refractivity contribution in [3.63, 3.8) is 0 Å². The molecule has 0 aliphatic heterocycles. The summed E-state index contributed by atoms with van der Waals surface area (Å²) >= 11 is 0. The Balaban J connectivity index is 1.88. The molecule has 7 heteroatoms. The number of rotatable bonds is 10. The molecule has 0 radical (unpaired) electrons. The van der Waals surface area contributed by atoms with Crippen molar-refractivity contribution in [2.45, 2.75) is 0 Å². The van der Waals surface area contributed by atoms with E-state index in [-0.39, 0.29) is 0 Å². The topological polar surface area (TPSA) is 27.7 Å². The molecule has 4 aromatic carbocycles. The normalized spacial score (nSPS) is 15.6. The first-order chi connectivity index (χ1) is 18.0. The maximum absolute atomic E-state index is 7.39. The summed E-state index contributed by atoms with van der Waals surface area (Å²) in [6, 6.07) is 42.1. The van der Waals surface area contributed by atoms with E-state index in [2.05, 4.69) is 150 Å². The van der Waals surface area contributed by atoms with E-state index >= 15 is 0 Å². The molecule has 0 saturated carbocycles. The third kappa shape index (κ3) is 6.55. The Morgan fingerprint density at radius 2 is 0.615 bits per heavy atom. The molecular formula is C32H44BO3P3. The molecular weight excluding hydrogens is 536 g/mol. The van der Waals surface area contributed by atoms with Gasteiger partial charge in [-0.1, -0.05) is 0 Å². The first kappa shape index (κ1) is 30.1. The van der Waals surface area contributed by atoms with Gasteiger partial charge in [0.1, 0.15) is 0 Å². The number of benzene rings is 4. The van der Waals surface area contributed by atoms with Crippen molar-refractivity contribution in [1.29, 1.82) is 0 Å². The zero-order chi connectivity index (χ0) is 28.5. The Hall–Kier alpha value is -1.89. The van der Waals surface area contributed by atoms with Crippen molar-refractivity contribution in [1.82, 2.24) is 0 Å². The molecule has 0 bridgehead atoms. The van der Waals surface area contributed by atoms with Crippen molar-refractivity contribution in [3.8, 4) is 0 Å². The third-order valence-corrected chi connectivity index (χ3v) is 17.9. The van der Waals surface area contributed by atoms with Gasteiger partial charge in [0, 0.05) is 0 Å². The van der Waals surface area contributed by atoms with Gasteiger partial charge in [-0.15, -0.1) is 0 Å². The van der Waals surface area contributed by atoms with E-state index in [0.29, 0.717) is 0 Å². The molecule has 0 fully saturated rings. The third-order valence-electron chi connectivity index (χ3n) is 7.60. The van der Waals surface area contributed by atoms with E-state index in [1.165, 1.54) is 10.6 Å². The van der Waals surface area contributed by atoms with Gasteiger partial charge in [-0.3, -0.25) is 0 Å². The summed E-state index contributed by atoms with van der Waals surface area (Å²) < 4.78 is 21.8. The number of hydrogen-bond acceptors (Lipinski definition) is 3. The Morgan fingerprint density at radius 1 is 0.359 bits per heavy atom. The Kier molecular flexibility index (Phi) is 7.86. The van der Waals surface area contributed by atoms with Gasteiger partial charge in [-0.05, 0) is 0 Å². The number of hydrogen-bond donors (Lipinski definition) is 0. The second-order valence-corrected chi connectivity index (χ2v) is 30.6. The summed E-state index contributed by atoms with van der Waals surface area (Å²) in [5.74, 6) is 0.